The largest absolute Gasteiger partial charge is 0.417 e. The Bertz CT molecular complexity index is 575. The number of rotatable bonds is 8. The van der Waals surface area contributed by atoms with Crippen molar-refractivity contribution in [3.05, 3.63) is 47.7 Å². The Balaban J connectivity index is 1.96. The first kappa shape index (κ1) is 16.2. The van der Waals surface area contributed by atoms with Crippen molar-refractivity contribution in [1.82, 2.24) is 15.1 Å². The summed E-state index contributed by atoms with van der Waals surface area (Å²) in [6.07, 6.45) is 3.30. The second kappa shape index (κ2) is 8.32. The first-order chi connectivity index (χ1) is 10.7. The average Bonchev–Trinajstić information content (AvgIpc) is 3.02. The molecule has 5 heteroatoms. The zero-order valence-electron chi connectivity index (χ0n) is 13.3. The van der Waals surface area contributed by atoms with Gasteiger partial charge in [0.25, 0.3) is 0 Å². The van der Waals surface area contributed by atoms with E-state index in [1.54, 1.807) is 4.90 Å². The van der Waals surface area contributed by atoms with Crippen LogP contribution < -0.4 is 0 Å². The summed E-state index contributed by atoms with van der Waals surface area (Å²) in [5.41, 5.74) is 1.21. The maximum absolute atomic E-state index is 12.3. The number of aryl methyl sites for hydroxylation is 2. The maximum atomic E-state index is 12.3. The van der Waals surface area contributed by atoms with Crippen molar-refractivity contribution < 1.29 is 9.21 Å². The monoisotopic (exact) mass is 301 g/mol. The minimum atomic E-state index is -0.165. The third-order valence-electron chi connectivity index (χ3n) is 3.39. The molecule has 0 N–H and O–H groups in total. The van der Waals surface area contributed by atoms with Crippen LogP contribution >= 0.6 is 0 Å². The van der Waals surface area contributed by atoms with E-state index in [0.29, 0.717) is 25.4 Å². The van der Waals surface area contributed by atoms with Crippen molar-refractivity contribution >= 4 is 5.91 Å². The van der Waals surface area contributed by atoms with E-state index in [1.807, 2.05) is 18.2 Å². The molecule has 0 spiro atoms. The zero-order chi connectivity index (χ0) is 15.8. The SMILES string of the molecule is CCCN(CCC)C(=O)c1nnc(CCc2ccccc2)o1. The van der Waals surface area contributed by atoms with Gasteiger partial charge in [0.15, 0.2) is 0 Å². The lowest BCUT2D eigenvalue weighted by Gasteiger charge is -2.18. The average molecular weight is 301 g/mol. The summed E-state index contributed by atoms with van der Waals surface area (Å²) in [6, 6.07) is 10.1. The highest BCUT2D eigenvalue weighted by molar-refractivity contribution is 5.89. The van der Waals surface area contributed by atoms with E-state index in [0.717, 1.165) is 19.3 Å². The van der Waals surface area contributed by atoms with Gasteiger partial charge in [-0.1, -0.05) is 44.2 Å². The third kappa shape index (κ3) is 4.41. The number of benzene rings is 1. The molecule has 5 nitrogen and oxygen atoms in total. The van der Waals surface area contributed by atoms with E-state index < -0.39 is 0 Å². The van der Waals surface area contributed by atoms with E-state index in [4.69, 9.17) is 4.42 Å². The fourth-order valence-corrected chi connectivity index (χ4v) is 2.33. The van der Waals surface area contributed by atoms with Crippen molar-refractivity contribution in [3.8, 4) is 0 Å². The van der Waals surface area contributed by atoms with Crippen LogP contribution in [0.2, 0.25) is 0 Å². The number of amides is 1. The molecule has 2 rings (SSSR count). The third-order valence-corrected chi connectivity index (χ3v) is 3.39. The minimum Gasteiger partial charge on any atom is -0.417 e. The molecule has 0 radical (unpaired) electrons. The summed E-state index contributed by atoms with van der Waals surface area (Å²) in [5, 5.41) is 7.90. The molecule has 2 aromatic rings. The summed E-state index contributed by atoms with van der Waals surface area (Å²) in [5.74, 6) is 0.451. The number of carbonyl (C=O) groups excluding carboxylic acids is 1. The van der Waals surface area contributed by atoms with Gasteiger partial charge in [0, 0.05) is 19.5 Å². The van der Waals surface area contributed by atoms with Gasteiger partial charge < -0.3 is 9.32 Å². The van der Waals surface area contributed by atoms with Crippen molar-refractivity contribution in [2.24, 2.45) is 0 Å². The molecule has 0 aliphatic heterocycles. The fraction of sp³-hybridized carbons (Fsp3) is 0.471. The number of hydrogen-bond acceptors (Lipinski definition) is 4. The quantitative estimate of drug-likeness (QED) is 0.751. The summed E-state index contributed by atoms with van der Waals surface area (Å²) < 4.78 is 5.53. The van der Waals surface area contributed by atoms with E-state index in [2.05, 4.69) is 36.2 Å². The summed E-state index contributed by atoms with van der Waals surface area (Å²) in [6.45, 7) is 5.53. The molecule has 0 saturated heterocycles. The van der Waals surface area contributed by atoms with Crippen molar-refractivity contribution in [2.45, 2.75) is 39.5 Å². The zero-order valence-corrected chi connectivity index (χ0v) is 13.3. The summed E-state index contributed by atoms with van der Waals surface area (Å²) in [4.78, 5) is 14.1. The van der Waals surface area contributed by atoms with Crippen LogP contribution in [0.25, 0.3) is 0 Å². The van der Waals surface area contributed by atoms with Crippen molar-refractivity contribution in [1.29, 1.82) is 0 Å². The molecule has 0 unspecified atom stereocenters. The van der Waals surface area contributed by atoms with Crippen LogP contribution in [0.15, 0.2) is 34.7 Å². The molecule has 0 atom stereocenters. The molecular weight excluding hydrogens is 278 g/mol. The van der Waals surface area contributed by atoms with Crippen LogP contribution in [0.3, 0.4) is 0 Å². The lowest BCUT2D eigenvalue weighted by molar-refractivity contribution is 0.0713. The lowest BCUT2D eigenvalue weighted by atomic mass is 10.1. The highest BCUT2D eigenvalue weighted by Gasteiger charge is 2.20. The molecule has 1 aromatic heterocycles. The molecule has 22 heavy (non-hydrogen) atoms. The van der Waals surface area contributed by atoms with E-state index >= 15 is 0 Å². The van der Waals surface area contributed by atoms with Crippen LogP contribution in [0.4, 0.5) is 0 Å². The van der Waals surface area contributed by atoms with E-state index in [-0.39, 0.29) is 11.8 Å². The van der Waals surface area contributed by atoms with Gasteiger partial charge >= 0.3 is 11.8 Å². The second-order valence-electron chi connectivity index (χ2n) is 5.28. The summed E-state index contributed by atoms with van der Waals surface area (Å²) in [7, 11) is 0. The van der Waals surface area contributed by atoms with Crippen LogP contribution in [-0.2, 0) is 12.8 Å². The number of aromatic nitrogens is 2. The number of nitrogens with zero attached hydrogens (tertiary/aromatic N) is 3. The number of hydrogen-bond donors (Lipinski definition) is 0. The summed E-state index contributed by atoms with van der Waals surface area (Å²) >= 11 is 0. The first-order valence-electron chi connectivity index (χ1n) is 7.90. The Hall–Kier alpha value is -2.17. The molecule has 0 bridgehead atoms. The van der Waals surface area contributed by atoms with Crippen molar-refractivity contribution in [3.63, 3.8) is 0 Å². The molecule has 1 amide bonds. The lowest BCUT2D eigenvalue weighted by Crippen LogP contribution is -2.32. The molecule has 0 aliphatic rings. The number of carbonyl (C=O) groups is 1. The van der Waals surface area contributed by atoms with E-state index in [1.165, 1.54) is 5.56 Å². The van der Waals surface area contributed by atoms with Crippen LogP contribution in [0.5, 0.6) is 0 Å². The second-order valence-corrected chi connectivity index (χ2v) is 5.28. The Morgan fingerprint density at radius 1 is 1.05 bits per heavy atom. The van der Waals surface area contributed by atoms with E-state index in [9.17, 15) is 4.79 Å². The Morgan fingerprint density at radius 3 is 2.36 bits per heavy atom. The normalized spacial score (nSPS) is 10.6. The van der Waals surface area contributed by atoms with Crippen molar-refractivity contribution in [2.75, 3.05) is 13.1 Å². The molecule has 1 aromatic carbocycles. The standard InChI is InChI=1S/C17H23N3O2/c1-3-12-20(13-4-2)17(21)16-19-18-15(22-16)11-10-14-8-6-5-7-9-14/h5-9H,3-4,10-13H2,1-2H3. The smallest absolute Gasteiger partial charge is 0.311 e. The van der Waals surface area contributed by atoms with Crippen LogP contribution in [-0.4, -0.2) is 34.1 Å². The molecule has 0 saturated carbocycles. The highest BCUT2D eigenvalue weighted by atomic mass is 16.4. The van der Waals surface area contributed by atoms with Gasteiger partial charge in [-0.3, -0.25) is 4.79 Å². The molecule has 0 aliphatic carbocycles. The molecular formula is C17H23N3O2. The van der Waals surface area contributed by atoms with Gasteiger partial charge in [0.2, 0.25) is 5.89 Å². The molecule has 1 heterocycles. The first-order valence-corrected chi connectivity index (χ1v) is 7.90. The fourth-order valence-electron chi connectivity index (χ4n) is 2.33. The molecule has 0 fully saturated rings. The van der Waals surface area contributed by atoms with Gasteiger partial charge in [0.05, 0.1) is 0 Å². The minimum absolute atomic E-state index is 0.102. The van der Waals surface area contributed by atoms with Crippen LogP contribution in [0, 0.1) is 0 Å². The topological polar surface area (TPSA) is 59.2 Å². The Labute approximate surface area is 131 Å². The van der Waals surface area contributed by atoms with Gasteiger partial charge in [0.1, 0.15) is 0 Å². The Kier molecular flexibility index (Phi) is 6.13. The molecule has 118 valence electrons. The van der Waals surface area contributed by atoms with Crippen LogP contribution in [0.1, 0.15) is 48.8 Å². The van der Waals surface area contributed by atoms with Gasteiger partial charge in [-0.15, -0.1) is 10.2 Å². The van der Waals surface area contributed by atoms with Gasteiger partial charge in [-0.25, -0.2) is 0 Å². The predicted octanol–water partition coefficient (Wildman–Crippen LogP) is 3.12. The van der Waals surface area contributed by atoms with Gasteiger partial charge in [-0.05, 0) is 24.8 Å². The predicted molar refractivity (Wildman–Crippen MR) is 84.6 cm³/mol. The van der Waals surface area contributed by atoms with Gasteiger partial charge in [-0.2, -0.15) is 0 Å². The Morgan fingerprint density at radius 2 is 1.73 bits per heavy atom. The maximum Gasteiger partial charge on any atom is 0.311 e. The highest BCUT2D eigenvalue weighted by Crippen LogP contribution is 2.09.